The monoisotopic (exact) mass is 288 g/mol. The summed E-state index contributed by atoms with van der Waals surface area (Å²) < 4.78 is 3.41. The zero-order chi connectivity index (χ0) is 15.0. The third-order valence-corrected chi connectivity index (χ3v) is 3.54. The van der Waals surface area contributed by atoms with Gasteiger partial charge in [0, 0.05) is 25.5 Å². The van der Waals surface area contributed by atoms with Crippen LogP contribution >= 0.6 is 0 Å². The SMILES string of the molecule is Cn1ncc(C(=O)N(CC(=O)O)C2CC2)c1-n1cccc1. The molecule has 0 unspecified atom stereocenters. The van der Waals surface area contributed by atoms with E-state index in [0.29, 0.717) is 11.4 Å². The molecule has 0 aromatic carbocycles. The molecule has 2 aromatic heterocycles. The van der Waals surface area contributed by atoms with Crippen LogP contribution in [0.15, 0.2) is 30.7 Å². The molecule has 21 heavy (non-hydrogen) atoms. The van der Waals surface area contributed by atoms with E-state index in [0.717, 1.165) is 12.8 Å². The minimum absolute atomic E-state index is 0.0336. The van der Waals surface area contributed by atoms with Gasteiger partial charge in [-0.05, 0) is 25.0 Å². The molecule has 0 atom stereocenters. The molecule has 1 amide bonds. The van der Waals surface area contributed by atoms with Crippen molar-refractivity contribution in [1.82, 2.24) is 19.2 Å². The fourth-order valence-electron chi connectivity index (χ4n) is 2.42. The number of hydrogen-bond donors (Lipinski definition) is 1. The molecule has 7 heteroatoms. The van der Waals surface area contributed by atoms with E-state index < -0.39 is 5.97 Å². The van der Waals surface area contributed by atoms with Gasteiger partial charge in [-0.1, -0.05) is 0 Å². The summed E-state index contributed by atoms with van der Waals surface area (Å²) in [7, 11) is 1.75. The number of carbonyl (C=O) groups excluding carboxylic acids is 1. The van der Waals surface area contributed by atoms with Gasteiger partial charge in [0.25, 0.3) is 5.91 Å². The summed E-state index contributed by atoms with van der Waals surface area (Å²) in [5.74, 6) is -0.639. The normalized spacial score (nSPS) is 14.1. The molecule has 0 bridgehead atoms. The van der Waals surface area contributed by atoms with Gasteiger partial charge >= 0.3 is 5.97 Å². The lowest BCUT2D eigenvalue weighted by atomic mass is 10.2. The van der Waals surface area contributed by atoms with Gasteiger partial charge < -0.3 is 14.6 Å². The van der Waals surface area contributed by atoms with E-state index in [1.165, 1.54) is 11.1 Å². The summed E-state index contributed by atoms with van der Waals surface area (Å²) in [4.78, 5) is 25.1. The Hall–Kier alpha value is -2.57. The molecule has 7 nitrogen and oxygen atoms in total. The predicted octanol–water partition coefficient (Wildman–Crippen LogP) is 0.900. The molecule has 2 aromatic rings. The summed E-state index contributed by atoms with van der Waals surface area (Å²) >= 11 is 0. The van der Waals surface area contributed by atoms with Crippen LogP contribution in [-0.2, 0) is 11.8 Å². The molecule has 1 N–H and O–H groups in total. The average molecular weight is 288 g/mol. The number of aryl methyl sites for hydroxylation is 1. The summed E-state index contributed by atoms with van der Waals surface area (Å²) in [6.07, 6.45) is 6.87. The summed E-state index contributed by atoms with van der Waals surface area (Å²) in [5, 5.41) is 13.1. The molecule has 0 saturated heterocycles. The van der Waals surface area contributed by atoms with Crippen molar-refractivity contribution < 1.29 is 14.7 Å². The Morgan fingerprint density at radius 1 is 1.38 bits per heavy atom. The van der Waals surface area contributed by atoms with Crippen molar-refractivity contribution in [3.8, 4) is 5.82 Å². The van der Waals surface area contributed by atoms with Gasteiger partial charge in [0.15, 0.2) is 0 Å². The van der Waals surface area contributed by atoms with E-state index in [9.17, 15) is 9.59 Å². The minimum atomic E-state index is -0.998. The maximum atomic E-state index is 12.7. The number of carboxylic acids is 1. The molecule has 110 valence electrons. The fraction of sp³-hybridized carbons (Fsp3) is 0.357. The summed E-state index contributed by atoms with van der Waals surface area (Å²) in [6.45, 7) is -0.274. The van der Waals surface area contributed by atoms with E-state index in [-0.39, 0.29) is 18.5 Å². The minimum Gasteiger partial charge on any atom is -0.480 e. The first-order valence-electron chi connectivity index (χ1n) is 6.76. The lowest BCUT2D eigenvalue weighted by molar-refractivity contribution is -0.137. The Kier molecular flexibility index (Phi) is 3.25. The van der Waals surface area contributed by atoms with Crippen molar-refractivity contribution in [3.63, 3.8) is 0 Å². The number of carboxylic acid groups (broad SMARTS) is 1. The number of carbonyl (C=O) groups is 2. The zero-order valence-corrected chi connectivity index (χ0v) is 11.6. The molecule has 3 rings (SSSR count). The van der Waals surface area contributed by atoms with Crippen LogP contribution < -0.4 is 0 Å². The smallest absolute Gasteiger partial charge is 0.323 e. The standard InChI is InChI=1S/C14H16N4O3/c1-16-13(17-6-2-3-7-17)11(8-15-16)14(21)18(9-12(19)20)10-4-5-10/h2-3,6-8,10H,4-5,9H2,1H3,(H,19,20). The third-order valence-electron chi connectivity index (χ3n) is 3.54. The van der Waals surface area contributed by atoms with Crippen LogP contribution in [0.1, 0.15) is 23.2 Å². The molecular formula is C14H16N4O3. The average Bonchev–Trinajstić information content (AvgIpc) is 2.99. The van der Waals surface area contributed by atoms with Crippen LogP contribution in [-0.4, -0.2) is 48.8 Å². The Morgan fingerprint density at radius 3 is 2.62 bits per heavy atom. The second kappa shape index (κ2) is 5.08. The quantitative estimate of drug-likeness (QED) is 0.886. The second-order valence-electron chi connectivity index (χ2n) is 5.15. The van der Waals surface area contributed by atoms with Gasteiger partial charge in [-0.25, -0.2) is 0 Å². The summed E-state index contributed by atoms with van der Waals surface area (Å²) in [5.41, 5.74) is 0.418. The van der Waals surface area contributed by atoms with Crippen molar-refractivity contribution >= 4 is 11.9 Å². The lowest BCUT2D eigenvalue weighted by Crippen LogP contribution is -2.37. The Labute approximate surface area is 121 Å². The molecule has 1 fully saturated rings. The highest BCUT2D eigenvalue weighted by atomic mass is 16.4. The Morgan fingerprint density at radius 2 is 2.05 bits per heavy atom. The van der Waals surface area contributed by atoms with Crippen LogP contribution in [0.3, 0.4) is 0 Å². The molecule has 0 spiro atoms. The molecule has 1 aliphatic rings. The Balaban J connectivity index is 1.96. The first-order valence-corrected chi connectivity index (χ1v) is 6.76. The molecule has 2 heterocycles. The Bertz CT molecular complexity index is 670. The van der Waals surface area contributed by atoms with Crippen molar-refractivity contribution in [2.75, 3.05) is 6.54 Å². The largest absolute Gasteiger partial charge is 0.480 e. The van der Waals surface area contributed by atoms with E-state index in [1.54, 1.807) is 16.3 Å². The molecule has 1 aliphatic carbocycles. The molecule has 0 radical (unpaired) electrons. The van der Waals surface area contributed by atoms with Crippen LogP contribution in [0.4, 0.5) is 0 Å². The molecule has 1 saturated carbocycles. The number of aliphatic carboxylic acids is 1. The zero-order valence-electron chi connectivity index (χ0n) is 11.6. The highest BCUT2D eigenvalue weighted by Crippen LogP contribution is 2.29. The number of aromatic nitrogens is 3. The van der Waals surface area contributed by atoms with E-state index in [2.05, 4.69) is 5.10 Å². The number of amides is 1. The van der Waals surface area contributed by atoms with Gasteiger partial charge in [0.2, 0.25) is 0 Å². The van der Waals surface area contributed by atoms with Gasteiger partial charge in [-0.2, -0.15) is 5.10 Å². The van der Waals surface area contributed by atoms with Gasteiger partial charge in [0.05, 0.1) is 6.20 Å². The van der Waals surface area contributed by atoms with Crippen molar-refractivity contribution in [1.29, 1.82) is 0 Å². The first kappa shape index (κ1) is 13.4. The van der Waals surface area contributed by atoms with Crippen LogP contribution in [0.25, 0.3) is 5.82 Å². The number of hydrogen-bond acceptors (Lipinski definition) is 3. The first-order chi connectivity index (χ1) is 10.1. The maximum Gasteiger partial charge on any atom is 0.323 e. The maximum absolute atomic E-state index is 12.7. The predicted molar refractivity (Wildman–Crippen MR) is 74.2 cm³/mol. The topological polar surface area (TPSA) is 80.4 Å². The molecule has 0 aliphatic heterocycles. The summed E-state index contributed by atoms with van der Waals surface area (Å²) in [6, 6.07) is 3.75. The van der Waals surface area contributed by atoms with Gasteiger partial charge in [-0.15, -0.1) is 0 Å². The molecular weight excluding hydrogens is 272 g/mol. The second-order valence-corrected chi connectivity index (χ2v) is 5.15. The third kappa shape index (κ3) is 2.54. The van der Waals surface area contributed by atoms with Gasteiger partial charge in [-0.3, -0.25) is 14.3 Å². The van der Waals surface area contributed by atoms with Crippen LogP contribution in [0.2, 0.25) is 0 Å². The number of nitrogens with zero attached hydrogens (tertiary/aromatic N) is 4. The van der Waals surface area contributed by atoms with Crippen LogP contribution in [0.5, 0.6) is 0 Å². The van der Waals surface area contributed by atoms with Crippen molar-refractivity contribution in [3.05, 3.63) is 36.3 Å². The number of rotatable bonds is 5. The lowest BCUT2D eigenvalue weighted by Gasteiger charge is -2.20. The van der Waals surface area contributed by atoms with Gasteiger partial charge in [0.1, 0.15) is 17.9 Å². The van der Waals surface area contributed by atoms with E-state index in [1.807, 2.05) is 24.5 Å². The van der Waals surface area contributed by atoms with Crippen molar-refractivity contribution in [2.24, 2.45) is 7.05 Å². The van der Waals surface area contributed by atoms with E-state index >= 15 is 0 Å². The van der Waals surface area contributed by atoms with E-state index in [4.69, 9.17) is 5.11 Å². The fourth-order valence-corrected chi connectivity index (χ4v) is 2.42. The van der Waals surface area contributed by atoms with Crippen molar-refractivity contribution in [2.45, 2.75) is 18.9 Å². The highest BCUT2D eigenvalue weighted by molar-refractivity contribution is 5.98. The highest BCUT2D eigenvalue weighted by Gasteiger charge is 2.36. The van der Waals surface area contributed by atoms with Crippen LogP contribution in [0, 0.1) is 0 Å².